The molecule has 1 amide bonds. The smallest absolute Gasteiger partial charge is 0.220 e. The summed E-state index contributed by atoms with van der Waals surface area (Å²) < 4.78 is 34.6. The van der Waals surface area contributed by atoms with Gasteiger partial charge in [-0.25, -0.2) is 0 Å². The first-order valence-electron chi connectivity index (χ1n) is 46.1. The highest BCUT2D eigenvalue weighted by Crippen LogP contribution is 2.34. The molecule has 3 rings (SSSR count). The quantitative estimate of drug-likeness (QED) is 0.0199. The Morgan fingerprint density at radius 3 is 0.936 bits per heavy atom. The molecule has 644 valence electrons. The minimum absolute atomic E-state index is 0.232. The summed E-state index contributed by atoms with van der Waals surface area (Å²) in [6, 6.07) is -0.886. The van der Waals surface area contributed by atoms with Crippen LogP contribution in [0.15, 0.2) is 24.3 Å². The van der Waals surface area contributed by atoms with E-state index in [1.54, 1.807) is 0 Å². The van der Waals surface area contributed by atoms with Crippen LogP contribution in [-0.2, 0) is 33.2 Å². The summed E-state index contributed by atoms with van der Waals surface area (Å²) in [4.78, 5) is 13.5. The molecule has 109 heavy (non-hydrogen) atoms. The Morgan fingerprint density at radius 2 is 0.606 bits per heavy atom. The first-order valence-corrected chi connectivity index (χ1v) is 46.1. The van der Waals surface area contributed by atoms with Crippen molar-refractivity contribution in [2.24, 2.45) is 0 Å². The number of aliphatic hydroxyl groups excluding tert-OH is 11. The van der Waals surface area contributed by atoms with Gasteiger partial charge in [0.15, 0.2) is 18.9 Å². The van der Waals surface area contributed by atoms with Crippen LogP contribution >= 0.6 is 0 Å². The highest BCUT2D eigenvalue weighted by Gasteiger charge is 2.54. The summed E-state index contributed by atoms with van der Waals surface area (Å²) in [7, 11) is 0. The fourth-order valence-electron chi connectivity index (χ4n) is 15.9. The van der Waals surface area contributed by atoms with E-state index in [0.717, 1.165) is 51.4 Å². The Kier molecular flexibility index (Phi) is 65.6. The molecular weight excluding hydrogens is 1380 g/mol. The van der Waals surface area contributed by atoms with Crippen molar-refractivity contribution >= 4 is 5.91 Å². The van der Waals surface area contributed by atoms with Crippen molar-refractivity contribution in [3.8, 4) is 0 Å². The van der Waals surface area contributed by atoms with Crippen molar-refractivity contribution < 1.29 is 89.4 Å². The Morgan fingerprint density at radius 1 is 0.330 bits per heavy atom. The van der Waals surface area contributed by atoms with Crippen LogP contribution in [-0.4, -0.2) is 193 Å². The summed E-state index contributed by atoms with van der Waals surface area (Å²) in [5.74, 6) is -0.232. The molecule has 0 aliphatic carbocycles. The molecule has 12 N–H and O–H groups in total. The molecule has 0 bridgehead atoms. The Bertz CT molecular complexity index is 2060. The van der Waals surface area contributed by atoms with Crippen LogP contribution in [0.4, 0.5) is 0 Å². The van der Waals surface area contributed by atoms with Crippen molar-refractivity contribution in [2.45, 2.75) is 516 Å². The topological polar surface area (TPSA) is 307 Å². The van der Waals surface area contributed by atoms with E-state index in [1.807, 2.05) is 0 Å². The first kappa shape index (κ1) is 101. The molecule has 0 aromatic carbocycles. The molecule has 0 saturated carbocycles. The number of amides is 1. The number of rotatable bonds is 76. The fourth-order valence-corrected chi connectivity index (χ4v) is 15.9. The van der Waals surface area contributed by atoms with Crippen LogP contribution in [0.1, 0.15) is 412 Å². The second-order valence-electron chi connectivity index (χ2n) is 33.1. The van der Waals surface area contributed by atoms with E-state index in [0.29, 0.717) is 12.8 Å². The molecule has 3 heterocycles. The van der Waals surface area contributed by atoms with Gasteiger partial charge in [0.25, 0.3) is 0 Å². The summed E-state index contributed by atoms with van der Waals surface area (Å²) >= 11 is 0. The normalized spacial score (nSPS) is 25.3. The van der Waals surface area contributed by atoms with Crippen LogP contribution in [0.5, 0.6) is 0 Å². The Hall–Kier alpha value is -1.73. The second-order valence-corrected chi connectivity index (χ2v) is 33.1. The summed E-state index contributed by atoms with van der Waals surface area (Å²) in [5.41, 5.74) is 0. The minimum atomic E-state index is -1.97. The predicted molar refractivity (Wildman–Crippen MR) is 439 cm³/mol. The zero-order valence-electron chi connectivity index (χ0n) is 69.6. The summed E-state index contributed by atoms with van der Waals surface area (Å²) in [6.07, 6.45) is 61.6. The molecular formula is C90H171NO18. The highest BCUT2D eigenvalue weighted by molar-refractivity contribution is 5.76. The second kappa shape index (κ2) is 70.5. The average molecular weight is 1560 g/mol. The molecule has 3 aliphatic heterocycles. The van der Waals surface area contributed by atoms with Gasteiger partial charge in [-0.3, -0.25) is 4.79 Å². The third kappa shape index (κ3) is 49.2. The molecule has 19 heteroatoms. The zero-order chi connectivity index (χ0) is 78.8. The number of hydrogen-bond acceptors (Lipinski definition) is 18. The van der Waals surface area contributed by atoms with E-state index in [9.17, 15) is 61.0 Å². The minimum Gasteiger partial charge on any atom is -0.394 e. The molecule has 3 saturated heterocycles. The van der Waals surface area contributed by atoms with Gasteiger partial charge in [0, 0.05) is 6.42 Å². The fraction of sp³-hybridized carbons (Fsp3) is 0.944. The van der Waals surface area contributed by atoms with Crippen LogP contribution < -0.4 is 5.32 Å². The van der Waals surface area contributed by atoms with Gasteiger partial charge in [0.1, 0.15) is 73.2 Å². The van der Waals surface area contributed by atoms with Gasteiger partial charge < -0.3 is 89.9 Å². The number of hydrogen-bond donors (Lipinski definition) is 12. The number of nitrogens with one attached hydrogen (secondary N) is 1. The monoisotopic (exact) mass is 1550 g/mol. The number of ether oxygens (including phenoxy) is 6. The number of carbonyl (C=O) groups is 1. The lowest BCUT2D eigenvalue weighted by Crippen LogP contribution is -2.66. The van der Waals surface area contributed by atoms with Gasteiger partial charge in [0.05, 0.1) is 38.6 Å². The number of carbonyl (C=O) groups excluding carboxylic acids is 1. The van der Waals surface area contributed by atoms with Gasteiger partial charge in [-0.05, 0) is 44.9 Å². The van der Waals surface area contributed by atoms with E-state index in [1.165, 1.54) is 327 Å². The molecule has 19 nitrogen and oxygen atoms in total. The predicted octanol–water partition coefficient (Wildman–Crippen LogP) is 17.6. The third-order valence-electron chi connectivity index (χ3n) is 23.3. The highest BCUT2D eigenvalue weighted by atomic mass is 16.8. The number of allylic oxidation sites excluding steroid dienone is 4. The van der Waals surface area contributed by atoms with Gasteiger partial charge in [0.2, 0.25) is 5.91 Å². The Balaban J connectivity index is 1.29. The van der Waals surface area contributed by atoms with Crippen molar-refractivity contribution in [3.63, 3.8) is 0 Å². The molecule has 17 unspecified atom stereocenters. The molecule has 3 aliphatic rings. The Labute approximate surface area is 664 Å². The van der Waals surface area contributed by atoms with Crippen molar-refractivity contribution in [1.82, 2.24) is 5.32 Å². The lowest BCUT2D eigenvalue weighted by Gasteiger charge is -2.48. The lowest BCUT2D eigenvalue weighted by molar-refractivity contribution is -0.379. The maximum Gasteiger partial charge on any atom is 0.220 e. The van der Waals surface area contributed by atoms with Crippen molar-refractivity contribution in [1.29, 1.82) is 0 Å². The largest absolute Gasteiger partial charge is 0.394 e. The van der Waals surface area contributed by atoms with Crippen LogP contribution in [0.3, 0.4) is 0 Å². The van der Waals surface area contributed by atoms with E-state index in [4.69, 9.17) is 28.4 Å². The van der Waals surface area contributed by atoms with E-state index >= 15 is 0 Å². The van der Waals surface area contributed by atoms with Gasteiger partial charge in [-0.15, -0.1) is 0 Å². The summed E-state index contributed by atoms with van der Waals surface area (Å²) in [5, 5.41) is 121. The lowest BCUT2D eigenvalue weighted by atomic mass is 9.96. The SMILES string of the molecule is CCCCCCC/C=C\C/C=C\CCCCCCCCCCCCCCCCCCCCCCCCCCCCCC(=O)NC(COC1OC(CO)C(OC2OC(CO)C(OC3OC(CO)C(O)C(O)C3O)C(O)C2O)C(O)C1O)C(O)CCCCCCCCCCCCCCCCCCCCCCCCCCC. The zero-order valence-corrected chi connectivity index (χ0v) is 69.6. The standard InChI is InChI=1S/C90H171NO18/c1-3-5-7-9-11-13-15-17-19-21-23-25-27-29-30-31-32-33-34-35-36-37-38-39-40-41-42-44-46-48-50-52-54-56-58-60-62-64-66-68-78(96)91-73(74(95)67-65-63-61-59-57-55-53-51-49-47-45-43-28-26-24-22-20-18-16-14-12-10-8-6-4-2)72-104-88-84(102)81(99)86(76(70-93)106-88)109-90-85(103)82(100)87(77(71-94)107-90)108-89-83(101)80(98)79(97)75(69-92)105-89/h15,17,21,23,73-77,79-90,92-95,97-103H,3-14,16,18-20,22,24-72H2,1-2H3,(H,91,96)/b17-15-,23-21-. The van der Waals surface area contributed by atoms with Crippen molar-refractivity contribution in [3.05, 3.63) is 24.3 Å². The molecule has 17 atom stereocenters. The van der Waals surface area contributed by atoms with Crippen LogP contribution in [0, 0.1) is 0 Å². The summed E-state index contributed by atoms with van der Waals surface area (Å²) in [6.45, 7) is 1.87. The maximum atomic E-state index is 13.5. The average Bonchev–Trinajstić information content (AvgIpc) is 0.759. The molecule has 0 aromatic heterocycles. The molecule has 0 spiro atoms. The number of aliphatic hydroxyl groups is 11. The van der Waals surface area contributed by atoms with Gasteiger partial charge in [-0.2, -0.15) is 0 Å². The first-order chi connectivity index (χ1) is 53.3. The van der Waals surface area contributed by atoms with Crippen LogP contribution in [0.2, 0.25) is 0 Å². The van der Waals surface area contributed by atoms with E-state index < -0.39 is 124 Å². The molecule has 3 fully saturated rings. The van der Waals surface area contributed by atoms with Gasteiger partial charge in [-0.1, -0.05) is 385 Å². The molecule has 0 aromatic rings. The molecule has 0 radical (unpaired) electrons. The van der Waals surface area contributed by atoms with Crippen molar-refractivity contribution in [2.75, 3.05) is 26.4 Å². The third-order valence-corrected chi connectivity index (χ3v) is 23.3. The van der Waals surface area contributed by atoms with Crippen LogP contribution in [0.25, 0.3) is 0 Å². The van der Waals surface area contributed by atoms with E-state index in [2.05, 4.69) is 43.5 Å². The maximum absolute atomic E-state index is 13.5. The van der Waals surface area contributed by atoms with Gasteiger partial charge >= 0.3 is 0 Å². The van der Waals surface area contributed by atoms with E-state index in [-0.39, 0.29) is 18.9 Å². The number of unbranched alkanes of at least 4 members (excludes halogenated alkanes) is 56.